The molecule has 1 heterocycles. The Morgan fingerprint density at radius 3 is 2.86 bits per heavy atom. The van der Waals surface area contributed by atoms with Crippen LogP contribution < -0.4 is 0 Å². The molecule has 4 nitrogen and oxygen atoms in total. The predicted molar refractivity (Wildman–Crippen MR) is 76.4 cm³/mol. The summed E-state index contributed by atoms with van der Waals surface area (Å²) in [6.07, 6.45) is 2.96. The largest absolute Gasteiger partial charge is 0.480 e. The highest BCUT2D eigenvalue weighted by atomic mass is 19.1. The number of carbonyl (C=O) groups is 2. The number of carboxylic acid groups (broad SMARTS) is 1. The third-order valence-electron chi connectivity index (χ3n) is 3.94. The second-order valence-corrected chi connectivity index (χ2v) is 5.52. The van der Waals surface area contributed by atoms with E-state index >= 15 is 0 Å². The normalized spacial score (nSPS) is 18.0. The van der Waals surface area contributed by atoms with Crippen molar-refractivity contribution in [3.05, 3.63) is 35.1 Å². The summed E-state index contributed by atoms with van der Waals surface area (Å²) in [5.41, 5.74) is 1.60. The van der Waals surface area contributed by atoms with Crippen molar-refractivity contribution in [3.8, 4) is 0 Å². The van der Waals surface area contributed by atoms with Crippen molar-refractivity contribution in [1.29, 1.82) is 0 Å². The number of rotatable bonds is 5. The summed E-state index contributed by atoms with van der Waals surface area (Å²) in [6, 6.07) is 4.29. The van der Waals surface area contributed by atoms with Crippen LogP contribution in [0.1, 0.15) is 36.8 Å². The molecular formula is C16H20FNO3. The molecule has 0 aliphatic carbocycles. The number of halogens is 1. The van der Waals surface area contributed by atoms with Crippen LogP contribution in [0.25, 0.3) is 0 Å². The lowest BCUT2D eigenvalue weighted by Crippen LogP contribution is -2.40. The van der Waals surface area contributed by atoms with Gasteiger partial charge in [-0.1, -0.05) is 12.1 Å². The van der Waals surface area contributed by atoms with Crippen LogP contribution in [0.15, 0.2) is 18.2 Å². The topological polar surface area (TPSA) is 57.6 Å². The predicted octanol–water partition coefficient (Wildman–Crippen LogP) is 2.53. The van der Waals surface area contributed by atoms with Crippen molar-refractivity contribution < 1.29 is 19.1 Å². The van der Waals surface area contributed by atoms with Gasteiger partial charge in [0.05, 0.1) is 0 Å². The minimum absolute atomic E-state index is 0.0984. The molecule has 1 aromatic rings. The first-order valence-electron chi connectivity index (χ1n) is 7.26. The molecule has 114 valence electrons. The average molecular weight is 293 g/mol. The van der Waals surface area contributed by atoms with Gasteiger partial charge in [0.2, 0.25) is 5.91 Å². The van der Waals surface area contributed by atoms with Gasteiger partial charge in [-0.3, -0.25) is 4.79 Å². The van der Waals surface area contributed by atoms with Crippen molar-refractivity contribution in [2.45, 2.75) is 45.1 Å². The molecule has 0 bridgehead atoms. The zero-order valence-corrected chi connectivity index (χ0v) is 12.1. The van der Waals surface area contributed by atoms with Crippen molar-refractivity contribution >= 4 is 11.9 Å². The van der Waals surface area contributed by atoms with E-state index in [9.17, 15) is 14.0 Å². The Morgan fingerprint density at radius 2 is 2.19 bits per heavy atom. The zero-order chi connectivity index (χ0) is 15.4. The van der Waals surface area contributed by atoms with E-state index in [-0.39, 0.29) is 11.7 Å². The van der Waals surface area contributed by atoms with Gasteiger partial charge in [-0.05, 0) is 49.8 Å². The Hall–Kier alpha value is -1.91. The number of carbonyl (C=O) groups excluding carboxylic acids is 1. The molecular weight excluding hydrogens is 273 g/mol. The van der Waals surface area contributed by atoms with Crippen molar-refractivity contribution in [2.24, 2.45) is 0 Å². The van der Waals surface area contributed by atoms with Gasteiger partial charge < -0.3 is 10.0 Å². The van der Waals surface area contributed by atoms with E-state index in [1.165, 1.54) is 11.0 Å². The maximum Gasteiger partial charge on any atom is 0.326 e. The van der Waals surface area contributed by atoms with E-state index in [0.717, 1.165) is 12.0 Å². The molecule has 1 amide bonds. The van der Waals surface area contributed by atoms with Crippen molar-refractivity contribution in [3.63, 3.8) is 0 Å². The molecule has 1 N–H and O–H groups in total. The summed E-state index contributed by atoms with van der Waals surface area (Å²) in [4.78, 5) is 24.6. The maximum absolute atomic E-state index is 13.2. The first-order chi connectivity index (χ1) is 9.99. The quantitative estimate of drug-likeness (QED) is 0.907. The lowest BCUT2D eigenvalue weighted by atomic mass is 10.0. The van der Waals surface area contributed by atoms with Crippen molar-refractivity contribution in [1.82, 2.24) is 4.90 Å². The van der Waals surface area contributed by atoms with Gasteiger partial charge in [0.1, 0.15) is 11.9 Å². The van der Waals surface area contributed by atoms with Crippen LogP contribution in [0.5, 0.6) is 0 Å². The summed E-state index contributed by atoms with van der Waals surface area (Å²) >= 11 is 0. The van der Waals surface area contributed by atoms with E-state index in [1.54, 1.807) is 19.1 Å². The molecule has 21 heavy (non-hydrogen) atoms. The Bertz CT molecular complexity index is 544. The number of carboxylic acids is 1. The molecule has 0 spiro atoms. The monoisotopic (exact) mass is 293 g/mol. The van der Waals surface area contributed by atoms with Crippen LogP contribution in [0.3, 0.4) is 0 Å². The second kappa shape index (κ2) is 6.70. The van der Waals surface area contributed by atoms with Crippen LogP contribution in [0.2, 0.25) is 0 Å². The Morgan fingerprint density at radius 1 is 1.43 bits per heavy atom. The molecule has 1 atom stereocenters. The standard InChI is InChI=1S/C16H20FNO3/c1-11-10-12(7-8-13(11)17)4-2-6-15(19)18-9-3-5-14(18)16(20)21/h7-8,10,14H,2-6,9H2,1H3,(H,20,21). The average Bonchev–Trinajstić information content (AvgIpc) is 2.92. The van der Waals surface area contributed by atoms with Crippen molar-refractivity contribution in [2.75, 3.05) is 6.54 Å². The molecule has 1 saturated heterocycles. The van der Waals surface area contributed by atoms with Gasteiger partial charge in [0, 0.05) is 13.0 Å². The maximum atomic E-state index is 13.2. The van der Waals surface area contributed by atoms with Crippen LogP contribution in [-0.4, -0.2) is 34.5 Å². The molecule has 0 radical (unpaired) electrons. The van der Waals surface area contributed by atoms with E-state index in [1.807, 2.05) is 0 Å². The lowest BCUT2D eigenvalue weighted by molar-refractivity contribution is -0.148. The SMILES string of the molecule is Cc1cc(CCCC(=O)N2CCCC2C(=O)O)ccc1F. The molecule has 1 fully saturated rings. The second-order valence-electron chi connectivity index (χ2n) is 5.52. The summed E-state index contributed by atoms with van der Waals surface area (Å²) in [7, 11) is 0. The molecule has 0 saturated carbocycles. The highest BCUT2D eigenvalue weighted by molar-refractivity contribution is 5.84. The Balaban J connectivity index is 1.84. The Labute approximate surface area is 123 Å². The van der Waals surface area contributed by atoms with Crippen LogP contribution in [-0.2, 0) is 16.0 Å². The third-order valence-corrected chi connectivity index (χ3v) is 3.94. The van der Waals surface area contributed by atoms with E-state index in [0.29, 0.717) is 37.8 Å². The Kier molecular flexibility index (Phi) is 4.94. The van der Waals surface area contributed by atoms with E-state index in [4.69, 9.17) is 5.11 Å². The van der Waals surface area contributed by atoms with Gasteiger partial charge in [0.25, 0.3) is 0 Å². The van der Waals surface area contributed by atoms with Crippen LogP contribution in [0, 0.1) is 12.7 Å². The van der Waals surface area contributed by atoms with E-state index in [2.05, 4.69) is 0 Å². The fourth-order valence-electron chi connectivity index (χ4n) is 2.77. The minimum Gasteiger partial charge on any atom is -0.480 e. The summed E-state index contributed by atoms with van der Waals surface area (Å²) < 4.78 is 13.2. The lowest BCUT2D eigenvalue weighted by Gasteiger charge is -2.21. The molecule has 5 heteroatoms. The highest BCUT2D eigenvalue weighted by Crippen LogP contribution is 2.19. The number of likely N-dealkylation sites (tertiary alicyclic amines) is 1. The molecule has 1 aromatic carbocycles. The summed E-state index contributed by atoms with van der Waals surface area (Å²) in [6.45, 7) is 2.25. The molecule has 1 aliphatic heterocycles. The first-order valence-corrected chi connectivity index (χ1v) is 7.26. The fraction of sp³-hybridized carbons (Fsp3) is 0.500. The zero-order valence-electron chi connectivity index (χ0n) is 12.1. The minimum atomic E-state index is -0.921. The number of aryl methyl sites for hydroxylation is 2. The summed E-state index contributed by atoms with van der Waals surface area (Å²) in [5.74, 6) is -1.25. The number of amides is 1. The smallest absolute Gasteiger partial charge is 0.326 e. The van der Waals surface area contributed by atoms with Gasteiger partial charge >= 0.3 is 5.97 Å². The number of hydrogen-bond acceptors (Lipinski definition) is 2. The first kappa shape index (κ1) is 15.5. The number of benzene rings is 1. The van der Waals surface area contributed by atoms with Crippen LogP contribution >= 0.6 is 0 Å². The fourth-order valence-corrected chi connectivity index (χ4v) is 2.77. The third kappa shape index (κ3) is 3.80. The van der Waals surface area contributed by atoms with Gasteiger partial charge in [-0.2, -0.15) is 0 Å². The van der Waals surface area contributed by atoms with Crippen LogP contribution in [0.4, 0.5) is 4.39 Å². The number of nitrogens with zero attached hydrogens (tertiary/aromatic N) is 1. The van der Waals surface area contributed by atoms with Gasteiger partial charge in [0.15, 0.2) is 0 Å². The number of hydrogen-bond donors (Lipinski definition) is 1. The highest BCUT2D eigenvalue weighted by Gasteiger charge is 2.33. The molecule has 0 aromatic heterocycles. The van der Waals surface area contributed by atoms with Gasteiger partial charge in [-0.25, -0.2) is 9.18 Å². The molecule has 1 aliphatic rings. The summed E-state index contributed by atoms with van der Waals surface area (Å²) in [5, 5.41) is 9.06. The van der Waals surface area contributed by atoms with E-state index < -0.39 is 12.0 Å². The molecule has 2 rings (SSSR count). The van der Waals surface area contributed by atoms with Gasteiger partial charge in [-0.15, -0.1) is 0 Å². The molecule has 1 unspecified atom stereocenters. The number of aliphatic carboxylic acids is 1.